The van der Waals surface area contributed by atoms with Crippen molar-refractivity contribution >= 4 is 33.6 Å². The largest absolute Gasteiger partial charge is 0.472 e. The van der Waals surface area contributed by atoms with E-state index >= 15 is 0 Å². The van der Waals surface area contributed by atoms with Crippen LogP contribution < -0.4 is 0 Å². The minimum absolute atomic E-state index is 0.0885. The minimum atomic E-state index is -4.93. The maximum atomic E-state index is 12.9. The third-order valence-corrected chi connectivity index (χ3v) is 18.0. The van der Waals surface area contributed by atoms with Gasteiger partial charge in [-0.1, -0.05) is 290 Å². The number of esters is 3. The smallest absolute Gasteiger partial charge is 0.463 e. The maximum absolute atomic E-state index is 12.9. The molecule has 0 bridgehead atoms. The predicted molar refractivity (Wildman–Crippen MR) is 408 cm³/mol. The Morgan fingerprint density at radius 2 is 0.545 bits per heavy atom. The number of rotatable bonds is 73. The van der Waals surface area contributed by atoms with Crippen LogP contribution in [-0.2, 0) is 55.8 Å². The van der Waals surface area contributed by atoms with Crippen LogP contribution in [0.4, 0.5) is 0 Å². The number of carbonyl (C=O) groups is 3. The lowest BCUT2D eigenvalue weighted by atomic mass is 10.0. The van der Waals surface area contributed by atoms with Crippen molar-refractivity contribution in [1.29, 1.82) is 0 Å². The van der Waals surface area contributed by atoms with Gasteiger partial charge >= 0.3 is 33.6 Å². The van der Waals surface area contributed by atoms with Crippen LogP contribution in [0.25, 0.3) is 0 Å². The Balaban J connectivity index is 4.42. The number of hydrogen-bond donors (Lipinski definition) is 4. The van der Waals surface area contributed by atoms with Crippen LogP contribution in [-0.4, -0.2) is 95.9 Å². The van der Waals surface area contributed by atoms with E-state index in [-0.39, 0.29) is 19.3 Å². The van der Waals surface area contributed by atoms with E-state index in [0.29, 0.717) is 19.3 Å². The van der Waals surface area contributed by atoms with Crippen molar-refractivity contribution in [3.8, 4) is 0 Å². The fourth-order valence-corrected chi connectivity index (χ4v) is 11.8. The lowest BCUT2D eigenvalue weighted by Crippen LogP contribution is -2.30. The highest BCUT2D eigenvalue weighted by Gasteiger charge is 2.29. The van der Waals surface area contributed by atoms with Crippen LogP contribution in [0.15, 0.2) is 122 Å². The van der Waals surface area contributed by atoms with Crippen molar-refractivity contribution in [2.45, 2.75) is 334 Å². The zero-order chi connectivity index (χ0) is 72.3. The number of aliphatic hydroxyl groups excluding tert-OH is 2. The Morgan fingerprint density at radius 1 is 0.293 bits per heavy atom. The highest BCUT2D eigenvalue weighted by atomic mass is 31.2. The number of unbranched alkanes of at least 4 members (excludes halogenated alkanes) is 30. The standard InChI is InChI=1S/C81H140O16P2/c1-4-7-10-13-16-19-22-24-26-28-30-32-33-34-35-36-37-38-39-40-41-43-45-46-48-50-53-55-58-61-64-67-79(84)91-70-76(82)71-93-98(87,88)94-72-77(83)73-95-99(89,90)96-75-78(97-81(86)69-66-63-60-57-52-21-18-15-12-9-6-3)74-92-80(85)68-65-62-59-56-54-51-49-47-44-42-31-29-27-25-23-20-17-14-11-8-5-2/h7,10,15-20,24-27,30-32,34-35,42,47,49,76-78,82-83H,4-6,8-9,11-14,21-23,28-29,33,36-41,43-46,48,50-75H2,1-3H3,(H,87,88)(H,89,90)/b10-7-,18-15-,19-16-,20-17-,26-24-,27-25-,32-30-,35-34-,42-31-,49-47-. The van der Waals surface area contributed by atoms with Gasteiger partial charge in [-0.3, -0.25) is 32.5 Å². The van der Waals surface area contributed by atoms with Crippen molar-refractivity contribution in [3.63, 3.8) is 0 Å². The summed E-state index contributed by atoms with van der Waals surface area (Å²) < 4.78 is 61.0. The van der Waals surface area contributed by atoms with E-state index in [4.69, 9.17) is 32.3 Å². The molecule has 16 nitrogen and oxygen atoms in total. The molecule has 0 aromatic carbocycles. The van der Waals surface area contributed by atoms with Gasteiger partial charge in [-0.15, -0.1) is 0 Å². The molecule has 5 atom stereocenters. The van der Waals surface area contributed by atoms with Gasteiger partial charge in [0.1, 0.15) is 25.4 Å². The molecule has 0 fully saturated rings. The van der Waals surface area contributed by atoms with Gasteiger partial charge in [0.15, 0.2) is 6.10 Å². The third-order valence-electron chi connectivity index (χ3n) is 16.1. The summed E-state index contributed by atoms with van der Waals surface area (Å²) in [4.78, 5) is 58.5. The van der Waals surface area contributed by atoms with Crippen molar-refractivity contribution in [2.24, 2.45) is 0 Å². The number of carbonyl (C=O) groups excluding carboxylic acids is 3. The van der Waals surface area contributed by atoms with Crippen LogP contribution in [0.5, 0.6) is 0 Å². The average Bonchev–Trinajstić information content (AvgIpc) is 1.22. The molecule has 0 saturated heterocycles. The zero-order valence-electron chi connectivity index (χ0n) is 62.1. The molecule has 0 aromatic rings. The van der Waals surface area contributed by atoms with E-state index < -0.39 is 91.5 Å². The second-order valence-corrected chi connectivity index (χ2v) is 28.7. The number of allylic oxidation sites excluding steroid dienone is 20. The molecule has 0 spiro atoms. The molecule has 0 heterocycles. The third kappa shape index (κ3) is 74.9. The molecule has 0 rings (SSSR count). The zero-order valence-corrected chi connectivity index (χ0v) is 63.9. The molecule has 0 aromatic heterocycles. The highest BCUT2D eigenvalue weighted by Crippen LogP contribution is 2.45. The van der Waals surface area contributed by atoms with Crippen LogP contribution in [0.2, 0.25) is 0 Å². The molecule has 4 N–H and O–H groups in total. The summed E-state index contributed by atoms with van der Waals surface area (Å²) in [6.07, 6.45) is 87.0. The molecular weight excluding hydrogens is 1290 g/mol. The molecular formula is C81H140O16P2. The van der Waals surface area contributed by atoms with Gasteiger partial charge < -0.3 is 34.2 Å². The summed E-state index contributed by atoms with van der Waals surface area (Å²) >= 11 is 0. The molecule has 0 aliphatic carbocycles. The van der Waals surface area contributed by atoms with Gasteiger partial charge in [0.05, 0.1) is 26.4 Å². The second-order valence-electron chi connectivity index (χ2n) is 25.8. The monoisotopic (exact) mass is 1430 g/mol. The Labute approximate surface area is 602 Å². The topological polar surface area (TPSA) is 231 Å². The summed E-state index contributed by atoms with van der Waals surface area (Å²) in [6.45, 7) is 2.47. The first-order valence-electron chi connectivity index (χ1n) is 38.8. The molecule has 18 heteroatoms. The lowest BCUT2D eigenvalue weighted by Gasteiger charge is -2.21. The van der Waals surface area contributed by atoms with Crippen molar-refractivity contribution in [1.82, 2.24) is 0 Å². The second kappa shape index (κ2) is 73.7. The molecule has 5 unspecified atom stereocenters. The molecule has 0 amide bonds. The summed E-state index contributed by atoms with van der Waals surface area (Å²) in [5.41, 5.74) is 0. The van der Waals surface area contributed by atoms with E-state index in [9.17, 15) is 43.5 Å². The summed E-state index contributed by atoms with van der Waals surface area (Å²) in [6, 6.07) is 0. The fraction of sp³-hybridized carbons (Fsp3) is 0.716. The number of ether oxygens (including phenoxy) is 3. The number of aliphatic hydroxyl groups is 2. The Kier molecular flexibility index (Phi) is 70.7. The predicted octanol–water partition coefficient (Wildman–Crippen LogP) is 22.5. The fourth-order valence-electron chi connectivity index (χ4n) is 10.2. The van der Waals surface area contributed by atoms with Gasteiger partial charge in [0.2, 0.25) is 0 Å². The first-order valence-corrected chi connectivity index (χ1v) is 41.8. The molecule has 0 saturated carbocycles. The van der Waals surface area contributed by atoms with Crippen LogP contribution in [0, 0.1) is 0 Å². The van der Waals surface area contributed by atoms with Crippen LogP contribution in [0.3, 0.4) is 0 Å². The molecule has 0 aliphatic heterocycles. The first-order chi connectivity index (χ1) is 48.2. The molecule has 570 valence electrons. The Morgan fingerprint density at radius 3 is 0.889 bits per heavy atom. The van der Waals surface area contributed by atoms with Crippen molar-refractivity contribution < 1.29 is 75.8 Å². The van der Waals surface area contributed by atoms with E-state index in [0.717, 1.165) is 141 Å². The SMILES string of the molecule is CC/C=C\C/C=C\C/C=C\C/C=C\C/C=C\CCCCCCCCCCCCCCCCCC(=O)OCC(O)COP(=O)(O)OCC(O)COP(=O)(O)OCC(COC(=O)CCCCCCC/C=C\C/C=C\C/C=C\C/C=C\CCCCC)OC(=O)CCCCCCC/C=C\CCCC. The van der Waals surface area contributed by atoms with E-state index in [1.54, 1.807) is 0 Å². The Hall–Kier alpha value is -4.05. The van der Waals surface area contributed by atoms with Gasteiger partial charge in [-0.25, -0.2) is 9.13 Å². The number of phosphoric acid groups is 2. The summed E-state index contributed by atoms with van der Waals surface area (Å²) in [7, 11) is -9.79. The lowest BCUT2D eigenvalue weighted by molar-refractivity contribution is -0.161. The van der Waals surface area contributed by atoms with Crippen molar-refractivity contribution in [2.75, 3.05) is 39.6 Å². The van der Waals surface area contributed by atoms with Gasteiger partial charge in [0, 0.05) is 19.3 Å². The Bertz CT molecular complexity index is 2290. The quantitative estimate of drug-likeness (QED) is 0.0146. The number of hydrogen-bond acceptors (Lipinski definition) is 14. The van der Waals surface area contributed by atoms with Crippen molar-refractivity contribution in [3.05, 3.63) is 122 Å². The molecule has 0 radical (unpaired) electrons. The minimum Gasteiger partial charge on any atom is -0.463 e. The molecule has 0 aliphatic rings. The normalized spacial score (nSPS) is 14.7. The van der Waals surface area contributed by atoms with E-state index in [2.05, 4.69) is 142 Å². The molecule has 99 heavy (non-hydrogen) atoms. The van der Waals surface area contributed by atoms with E-state index in [1.807, 2.05) is 0 Å². The van der Waals surface area contributed by atoms with Gasteiger partial charge in [-0.05, 0) is 128 Å². The highest BCUT2D eigenvalue weighted by molar-refractivity contribution is 7.47. The van der Waals surface area contributed by atoms with Gasteiger partial charge in [-0.2, -0.15) is 0 Å². The van der Waals surface area contributed by atoms with Crippen LogP contribution >= 0.6 is 15.6 Å². The number of phosphoric ester groups is 2. The first kappa shape index (κ1) is 94.9. The van der Waals surface area contributed by atoms with E-state index in [1.165, 1.54) is 116 Å². The summed E-state index contributed by atoms with van der Waals surface area (Å²) in [5, 5.41) is 20.6. The summed E-state index contributed by atoms with van der Waals surface area (Å²) in [5.74, 6) is -1.60. The van der Waals surface area contributed by atoms with Gasteiger partial charge in [0.25, 0.3) is 0 Å². The average molecular weight is 1430 g/mol. The maximum Gasteiger partial charge on any atom is 0.472 e. The van der Waals surface area contributed by atoms with Crippen LogP contribution in [0.1, 0.15) is 316 Å².